The molecule has 0 unspecified atom stereocenters. The Morgan fingerprint density at radius 3 is 2.09 bits per heavy atom. The Kier molecular flexibility index (Phi) is 5.74. The van der Waals surface area contributed by atoms with Gasteiger partial charge in [-0.2, -0.15) is 0 Å². The average Bonchev–Trinajstić information content (AvgIpc) is 2.97. The largest absolute Gasteiger partial charge is 0.493 e. The summed E-state index contributed by atoms with van der Waals surface area (Å²) in [7, 11) is 3.26. The molecule has 0 aliphatic carbocycles. The van der Waals surface area contributed by atoms with Crippen molar-refractivity contribution in [3.63, 3.8) is 0 Å². The fraction of sp³-hybridized carbons (Fsp3) is 0.259. The third-order valence-electron chi connectivity index (χ3n) is 5.52. The first-order chi connectivity index (χ1) is 15.3. The summed E-state index contributed by atoms with van der Waals surface area (Å²) in [5.41, 5.74) is 6.13. The van der Waals surface area contributed by atoms with Crippen LogP contribution in [0.3, 0.4) is 0 Å². The van der Waals surface area contributed by atoms with E-state index in [1.807, 2.05) is 24.3 Å². The molecule has 0 amide bonds. The summed E-state index contributed by atoms with van der Waals surface area (Å²) >= 11 is 0. The van der Waals surface area contributed by atoms with Gasteiger partial charge in [-0.3, -0.25) is 0 Å². The highest BCUT2D eigenvalue weighted by Crippen LogP contribution is 2.33. The van der Waals surface area contributed by atoms with E-state index in [0.717, 1.165) is 28.1 Å². The molecule has 1 N–H and O–H groups in total. The zero-order chi connectivity index (χ0) is 22.9. The van der Waals surface area contributed by atoms with Gasteiger partial charge in [-0.1, -0.05) is 51.1 Å². The summed E-state index contributed by atoms with van der Waals surface area (Å²) in [6, 6.07) is 20.4. The lowest BCUT2D eigenvalue weighted by Gasteiger charge is -2.19. The fourth-order valence-corrected chi connectivity index (χ4v) is 3.62. The number of ether oxygens (including phenoxy) is 2. The molecule has 0 atom stereocenters. The monoisotopic (exact) mass is 427 g/mol. The molecule has 0 bridgehead atoms. The number of aryl methyl sites for hydroxylation is 1. The number of nitrogens with one attached hydrogen (secondary N) is 1. The molecule has 1 heterocycles. The second-order valence-electron chi connectivity index (χ2n) is 8.94. The van der Waals surface area contributed by atoms with Crippen molar-refractivity contribution < 1.29 is 9.47 Å². The number of methoxy groups -OCH3 is 2. The van der Waals surface area contributed by atoms with Crippen molar-refractivity contribution in [2.24, 2.45) is 9.98 Å². The van der Waals surface area contributed by atoms with E-state index in [0.29, 0.717) is 23.2 Å². The number of aliphatic imine (C=N–C) groups is 2. The molecule has 32 heavy (non-hydrogen) atoms. The normalized spacial score (nSPS) is 13.3. The van der Waals surface area contributed by atoms with Crippen LogP contribution >= 0.6 is 0 Å². The van der Waals surface area contributed by atoms with Crippen molar-refractivity contribution in [1.29, 1.82) is 0 Å². The van der Waals surface area contributed by atoms with Gasteiger partial charge in [0.15, 0.2) is 17.3 Å². The molecule has 164 valence electrons. The minimum absolute atomic E-state index is 0.0869. The first-order valence-electron chi connectivity index (χ1n) is 10.7. The van der Waals surface area contributed by atoms with E-state index in [1.54, 1.807) is 14.2 Å². The smallest absolute Gasteiger partial charge is 0.162 e. The van der Waals surface area contributed by atoms with Crippen LogP contribution in [0.15, 0.2) is 70.6 Å². The van der Waals surface area contributed by atoms with Gasteiger partial charge in [0.2, 0.25) is 0 Å². The lowest BCUT2D eigenvalue weighted by Crippen LogP contribution is -2.15. The van der Waals surface area contributed by atoms with E-state index < -0.39 is 0 Å². The van der Waals surface area contributed by atoms with Crippen molar-refractivity contribution in [3.05, 3.63) is 82.9 Å². The SMILES string of the molecule is COc1ccc(C2=NC(c3ccc(C(C)(C)C)cc3)=Nc3ccc(C)cc3N2)cc1OC. The molecule has 0 saturated carbocycles. The molecule has 1 aliphatic heterocycles. The molecule has 0 fully saturated rings. The summed E-state index contributed by atoms with van der Waals surface area (Å²) < 4.78 is 10.9. The summed E-state index contributed by atoms with van der Waals surface area (Å²) in [4.78, 5) is 9.85. The quantitative estimate of drug-likeness (QED) is 0.535. The summed E-state index contributed by atoms with van der Waals surface area (Å²) in [5, 5.41) is 3.48. The van der Waals surface area contributed by atoms with Crippen LogP contribution in [0.25, 0.3) is 0 Å². The number of fused-ring (bicyclic) bond motifs is 1. The maximum Gasteiger partial charge on any atom is 0.162 e. The zero-order valence-electron chi connectivity index (χ0n) is 19.5. The number of benzene rings is 3. The number of hydrogen-bond acceptors (Lipinski definition) is 5. The lowest BCUT2D eigenvalue weighted by atomic mass is 9.86. The predicted molar refractivity (Wildman–Crippen MR) is 132 cm³/mol. The van der Waals surface area contributed by atoms with Gasteiger partial charge in [-0.05, 0) is 53.8 Å². The number of rotatable bonds is 4. The Labute approximate surface area is 189 Å². The Morgan fingerprint density at radius 2 is 1.44 bits per heavy atom. The van der Waals surface area contributed by atoms with Gasteiger partial charge in [0.1, 0.15) is 5.84 Å². The Hall–Kier alpha value is -3.60. The number of hydrogen-bond donors (Lipinski definition) is 1. The maximum atomic E-state index is 5.51. The van der Waals surface area contributed by atoms with Crippen molar-refractivity contribution in [2.45, 2.75) is 33.1 Å². The molecule has 0 saturated heterocycles. The molecule has 1 aliphatic rings. The van der Waals surface area contributed by atoms with Crippen LogP contribution in [0.4, 0.5) is 11.4 Å². The molecule has 3 aromatic carbocycles. The third-order valence-corrected chi connectivity index (χ3v) is 5.52. The number of nitrogens with zero attached hydrogens (tertiary/aromatic N) is 2. The van der Waals surface area contributed by atoms with E-state index in [9.17, 15) is 0 Å². The molecule has 5 heteroatoms. The van der Waals surface area contributed by atoms with Crippen LogP contribution in [-0.4, -0.2) is 25.9 Å². The minimum atomic E-state index is 0.0869. The Bertz CT molecular complexity index is 1200. The van der Waals surface area contributed by atoms with Crippen LogP contribution < -0.4 is 14.8 Å². The van der Waals surface area contributed by atoms with Crippen molar-refractivity contribution in [3.8, 4) is 11.5 Å². The first kappa shape index (κ1) is 21.6. The van der Waals surface area contributed by atoms with Crippen molar-refractivity contribution in [2.75, 3.05) is 19.5 Å². The molecule has 0 spiro atoms. The molecule has 0 aromatic heterocycles. The molecular formula is C27H29N3O2. The molecule has 5 nitrogen and oxygen atoms in total. The Morgan fingerprint density at radius 1 is 0.750 bits per heavy atom. The Balaban J connectivity index is 1.84. The molecular weight excluding hydrogens is 398 g/mol. The highest BCUT2D eigenvalue weighted by Gasteiger charge is 2.18. The van der Waals surface area contributed by atoms with Crippen LogP contribution in [0.1, 0.15) is 43.0 Å². The summed E-state index contributed by atoms with van der Waals surface area (Å²) in [6.07, 6.45) is 0. The van der Waals surface area contributed by atoms with Gasteiger partial charge in [-0.25, -0.2) is 9.98 Å². The molecule has 4 rings (SSSR count). The third kappa shape index (κ3) is 4.37. The minimum Gasteiger partial charge on any atom is -0.493 e. The van der Waals surface area contributed by atoms with Crippen LogP contribution in [0, 0.1) is 6.92 Å². The van der Waals surface area contributed by atoms with Gasteiger partial charge in [0.25, 0.3) is 0 Å². The van der Waals surface area contributed by atoms with Gasteiger partial charge >= 0.3 is 0 Å². The van der Waals surface area contributed by atoms with Crippen LogP contribution in [0.2, 0.25) is 0 Å². The number of anilines is 1. The van der Waals surface area contributed by atoms with Crippen molar-refractivity contribution in [1.82, 2.24) is 0 Å². The standard InChI is InChI=1S/C27H29N3O2/c1-17-7-13-21-22(15-17)29-26(19-10-14-23(31-5)24(16-19)32-6)30-25(28-21)18-8-11-20(12-9-18)27(2,3)4/h7-16H,1-6H3,(H,28,29,30). The van der Waals surface area contributed by atoms with E-state index >= 15 is 0 Å². The second-order valence-corrected chi connectivity index (χ2v) is 8.94. The summed E-state index contributed by atoms with van der Waals surface area (Å²) in [5.74, 6) is 2.68. The van der Waals surface area contributed by atoms with Crippen LogP contribution in [-0.2, 0) is 5.41 Å². The predicted octanol–water partition coefficient (Wildman–Crippen LogP) is 6.26. The van der Waals surface area contributed by atoms with Gasteiger partial charge in [0, 0.05) is 11.1 Å². The van der Waals surface area contributed by atoms with E-state index in [2.05, 4.69) is 69.4 Å². The second kappa shape index (κ2) is 8.50. The van der Waals surface area contributed by atoms with E-state index in [-0.39, 0.29) is 5.41 Å². The summed E-state index contributed by atoms with van der Waals surface area (Å²) in [6.45, 7) is 8.69. The average molecular weight is 428 g/mol. The first-order valence-corrected chi connectivity index (χ1v) is 10.7. The zero-order valence-corrected chi connectivity index (χ0v) is 19.5. The highest BCUT2D eigenvalue weighted by atomic mass is 16.5. The van der Waals surface area contributed by atoms with Gasteiger partial charge in [-0.15, -0.1) is 0 Å². The van der Waals surface area contributed by atoms with E-state index in [4.69, 9.17) is 19.5 Å². The fourth-order valence-electron chi connectivity index (χ4n) is 3.62. The molecule has 3 aromatic rings. The van der Waals surface area contributed by atoms with E-state index in [1.165, 1.54) is 5.56 Å². The van der Waals surface area contributed by atoms with Gasteiger partial charge < -0.3 is 14.8 Å². The van der Waals surface area contributed by atoms with Crippen molar-refractivity contribution >= 4 is 23.0 Å². The maximum absolute atomic E-state index is 5.51. The topological polar surface area (TPSA) is 55.2 Å². The highest BCUT2D eigenvalue weighted by molar-refractivity contribution is 6.19. The van der Waals surface area contributed by atoms with Crippen LogP contribution in [0.5, 0.6) is 11.5 Å². The lowest BCUT2D eigenvalue weighted by molar-refractivity contribution is 0.355. The number of amidine groups is 2. The molecule has 0 radical (unpaired) electrons. The van der Waals surface area contributed by atoms with Gasteiger partial charge in [0.05, 0.1) is 25.6 Å².